The van der Waals surface area contributed by atoms with E-state index in [0.29, 0.717) is 12.3 Å². The lowest BCUT2D eigenvalue weighted by Crippen LogP contribution is -2.55. The van der Waals surface area contributed by atoms with Gasteiger partial charge in [0, 0.05) is 45.0 Å². The van der Waals surface area contributed by atoms with Crippen LogP contribution in [0.2, 0.25) is 0 Å². The zero-order chi connectivity index (χ0) is 20.3. The normalized spacial score (nSPS) is 25.4. The fourth-order valence-corrected chi connectivity index (χ4v) is 5.32. The van der Waals surface area contributed by atoms with Crippen LogP contribution in [-0.4, -0.2) is 77.3 Å². The average molecular weight is 399 g/mol. The molecule has 1 spiro atoms. The minimum Gasteiger partial charge on any atom is -0.342 e. The van der Waals surface area contributed by atoms with Gasteiger partial charge >= 0.3 is 0 Å². The van der Waals surface area contributed by atoms with Crippen molar-refractivity contribution in [2.75, 3.05) is 39.8 Å². The van der Waals surface area contributed by atoms with Crippen LogP contribution in [0.1, 0.15) is 50.5 Å². The number of hydrogen-bond acceptors (Lipinski definition) is 4. The molecule has 4 rings (SSSR count). The Morgan fingerprint density at radius 2 is 2.03 bits per heavy atom. The van der Waals surface area contributed by atoms with E-state index in [0.717, 1.165) is 71.2 Å². The molecule has 1 atom stereocenters. The Morgan fingerprint density at radius 3 is 2.76 bits per heavy atom. The summed E-state index contributed by atoms with van der Waals surface area (Å²) in [6.07, 6.45) is 11.5. The molecule has 0 aliphatic carbocycles. The Bertz CT molecular complexity index is 715. The molecule has 0 radical (unpaired) electrons. The molecule has 3 fully saturated rings. The molecule has 1 aromatic rings. The fraction of sp³-hybridized carbons (Fsp3) is 0.696. The first-order valence-corrected chi connectivity index (χ1v) is 11.2. The highest BCUT2D eigenvalue weighted by molar-refractivity contribution is 5.82. The maximum absolute atomic E-state index is 13.0. The fourth-order valence-electron chi connectivity index (χ4n) is 5.32. The number of rotatable bonds is 4. The van der Waals surface area contributed by atoms with E-state index in [2.05, 4.69) is 32.8 Å². The maximum Gasteiger partial charge on any atom is 0.239 e. The third-order valence-corrected chi connectivity index (χ3v) is 7.33. The van der Waals surface area contributed by atoms with Gasteiger partial charge in [-0.3, -0.25) is 19.5 Å². The molecule has 0 unspecified atom stereocenters. The Morgan fingerprint density at radius 1 is 1.21 bits per heavy atom. The molecule has 0 bridgehead atoms. The van der Waals surface area contributed by atoms with Gasteiger partial charge in [-0.2, -0.15) is 0 Å². The summed E-state index contributed by atoms with van der Waals surface area (Å²) in [5.41, 5.74) is 1.37. The predicted molar refractivity (Wildman–Crippen MR) is 112 cm³/mol. The number of carbonyl (C=O) groups is 2. The topological polar surface area (TPSA) is 56.8 Å². The van der Waals surface area contributed by atoms with Crippen molar-refractivity contribution < 1.29 is 9.59 Å². The molecule has 0 N–H and O–H groups in total. The zero-order valence-corrected chi connectivity index (χ0v) is 17.7. The number of carbonyl (C=O) groups excluding carboxylic acids is 2. The molecular formula is C23H34N4O2. The summed E-state index contributed by atoms with van der Waals surface area (Å²) in [5, 5.41) is 0. The summed E-state index contributed by atoms with van der Waals surface area (Å²) in [6, 6.07) is 4.09. The first-order chi connectivity index (χ1) is 14.1. The first kappa shape index (κ1) is 20.3. The second-order valence-electron chi connectivity index (χ2n) is 9.24. The van der Waals surface area contributed by atoms with Crippen molar-refractivity contribution in [1.29, 1.82) is 0 Å². The average Bonchev–Trinajstić information content (AvgIpc) is 2.76. The van der Waals surface area contributed by atoms with Crippen LogP contribution in [-0.2, 0) is 16.0 Å². The van der Waals surface area contributed by atoms with Crippen molar-refractivity contribution in [3.63, 3.8) is 0 Å². The number of likely N-dealkylation sites (N-methyl/N-ethyl adjacent to an activating group) is 1. The van der Waals surface area contributed by atoms with Gasteiger partial charge in [0.1, 0.15) is 0 Å². The van der Waals surface area contributed by atoms with Crippen molar-refractivity contribution in [1.82, 2.24) is 19.7 Å². The lowest BCUT2D eigenvalue weighted by Gasteiger charge is -2.48. The summed E-state index contributed by atoms with van der Waals surface area (Å²) < 4.78 is 0. The molecule has 3 aliphatic rings. The number of likely N-dealkylation sites (tertiary alicyclic amines) is 3. The largest absolute Gasteiger partial charge is 0.342 e. The summed E-state index contributed by atoms with van der Waals surface area (Å²) in [7, 11) is 2.08. The summed E-state index contributed by atoms with van der Waals surface area (Å²) >= 11 is 0. The van der Waals surface area contributed by atoms with Gasteiger partial charge in [0.15, 0.2) is 0 Å². The van der Waals surface area contributed by atoms with Crippen LogP contribution in [0.15, 0.2) is 24.5 Å². The van der Waals surface area contributed by atoms with E-state index in [1.807, 2.05) is 12.3 Å². The second kappa shape index (κ2) is 8.82. The molecule has 2 amide bonds. The minimum atomic E-state index is 0.0710. The predicted octanol–water partition coefficient (Wildman–Crippen LogP) is 2.34. The van der Waals surface area contributed by atoms with Crippen LogP contribution in [0, 0.1) is 5.41 Å². The third-order valence-electron chi connectivity index (χ3n) is 7.33. The van der Waals surface area contributed by atoms with Gasteiger partial charge in [-0.1, -0.05) is 12.5 Å². The van der Waals surface area contributed by atoms with Gasteiger partial charge < -0.3 is 9.80 Å². The van der Waals surface area contributed by atoms with E-state index in [1.54, 1.807) is 6.20 Å². The number of aromatic nitrogens is 1. The molecular weight excluding hydrogens is 364 g/mol. The highest BCUT2D eigenvalue weighted by atomic mass is 16.2. The minimum absolute atomic E-state index is 0.0710. The number of pyridine rings is 1. The zero-order valence-electron chi connectivity index (χ0n) is 17.7. The molecule has 4 heterocycles. The Kier molecular flexibility index (Phi) is 6.18. The van der Waals surface area contributed by atoms with Crippen molar-refractivity contribution in [3.8, 4) is 0 Å². The Balaban J connectivity index is 1.32. The van der Waals surface area contributed by atoms with E-state index >= 15 is 0 Å². The smallest absolute Gasteiger partial charge is 0.239 e. The van der Waals surface area contributed by atoms with Crippen LogP contribution < -0.4 is 0 Å². The quantitative estimate of drug-likeness (QED) is 0.781. The van der Waals surface area contributed by atoms with Crippen LogP contribution in [0.3, 0.4) is 0 Å². The Hall–Kier alpha value is -1.95. The highest BCUT2D eigenvalue weighted by Crippen LogP contribution is 2.40. The SMILES string of the molecule is CN1CCCC[C@@H]1C(=O)N1CCC2(CCC(=O)N(CCc3cccnc3)C2)CC1. The molecule has 1 aromatic heterocycles. The van der Waals surface area contributed by atoms with Gasteiger partial charge in [-0.25, -0.2) is 0 Å². The molecule has 3 aliphatic heterocycles. The monoisotopic (exact) mass is 398 g/mol. The standard InChI is InChI=1S/C23H34N4O2/c1-25-13-3-2-6-20(25)22(29)26-15-10-23(11-16-26)9-7-21(28)27(18-23)14-8-19-5-4-12-24-17-19/h4-5,12,17,20H,2-3,6-11,13-16,18H2,1H3/t20-/m1/s1. The lowest BCUT2D eigenvalue weighted by molar-refractivity contribution is -0.145. The highest BCUT2D eigenvalue weighted by Gasteiger charge is 2.42. The molecule has 6 heteroatoms. The van der Waals surface area contributed by atoms with E-state index in [9.17, 15) is 9.59 Å². The number of amides is 2. The summed E-state index contributed by atoms with van der Waals surface area (Å²) in [6.45, 7) is 4.32. The van der Waals surface area contributed by atoms with Crippen molar-refractivity contribution in [2.45, 2.75) is 57.4 Å². The van der Waals surface area contributed by atoms with Crippen LogP contribution in [0.4, 0.5) is 0 Å². The molecule has 6 nitrogen and oxygen atoms in total. The van der Waals surface area contributed by atoms with Crippen molar-refractivity contribution >= 4 is 11.8 Å². The van der Waals surface area contributed by atoms with Gasteiger partial charge in [-0.15, -0.1) is 0 Å². The number of hydrogen-bond donors (Lipinski definition) is 0. The van der Waals surface area contributed by atoms with Gasteiger partial charge in [0.05, 0.1) is 6.04 Å². The number of nitrogens with zero attached hydrogens (tertiary/aromatic N) is 4. The second-order valence-corrected chi connectivity index (χ2v) is 9.24. The lowest BCUT2D eigenvalue weighted by atomic mass is 9.72. The number of piperidine rings is 3. The van der Waals surface area contributed by atoms with Gasteiger partial charge in [0.25, 0.3) is 0 Å². The molecule has 0 saturated carbocycles. The summed E-state index contributed by atoms with van der Waals surface area (Å²) in [4.78, 5) is 36.1. The first-order valence-electron chi connectivity index (χ1n) is 11.2. The van der Waals surface area contributed by atoms with Gasteiger partial charge in [0.2, 0.25) is 11.8 Å². The molecule has 158 valence electrons. The molecule has 29 heavy (non-hydrogen) atoms. The van der Waals surface area contributed by atoms with E-state index < -0.39 is 0 Å². The maximum atomic E-state index is 13.0. The summed E-state index contributed by atoms with van der Waals surface area (Å²) in [5.74, 6) is 0.601. The van der Waals surface area contributed by atoms with Gasteiger partial charge in [-0.05, 0) is 69.2 Å². The van der Waals surface area contributed by atoms with E-state index in [-0.39, 0.29) is 17.4 Å². The molecule has 3 saturated heterocycles. The third kappa shape index (κ3) is 4.63. The van der Waals surface area contributed by atoms with E-state index in [4.69, 9.17) is 0 Å². The van der Waals surface area contributed by atoms with Crippen LogP contribution in [0.25, 0.3) is 0 Å². The van der Waals surface area contributed by atoms with E-state index in [1.165, 1.54) is 12.0 Å². The van der Waals surface area contributed by atoms with Crippen LogP contribution >= 0.6 is 0 Å². The Labute approximate surface area is 174 Å². The van der Waals surface area contributed by atoms with Crippen molar-refractivity contribution in [2.24, 2.45) is 5.41 Å². The van der Waals surface area contributed by atoms with Crippen molar-refractivity contribution in [3.05, 3.63) is 30.1 Å². The van der Waals surface area contributed by atoms with Crippen LogP contribution in [0.5, 0.6) is 0 Å². The molecule has 0 aromatic carbocycles.